The maximum atomic E-state index is 13.0. The van der Waals surface area contributed by atoms with Crippen LogP contribution < -0.4 is 5.32 Å². The lowest BCUT2D eigenvalue weighted by molar-refractivity contribution is -0.137. The summed E-state index contributed by atoms with van der Waals surface area (Å²) in [5.41, 5.74) is 1.18. The van der Waals surface area contributed by atoms with Crippen LogP contribution >= 0.6 is 0 Å². The van der Waals surface area contributed by atoms with Crippen LogP contribution in [0.5, 0.6) is 0 Å². The maximum absolute atomic E-state index is 13.0. The summed E-state index contributed by atoms with van der Waals surface area (Å²) in [6.45, 7) is 2.57. The van der Waals surface area contributed by atoms with Crippen molar-refractivity contribution < 1.29 is 22.8 Å². The minimum Gasteiger partial charge on any atom is -0.337 e. The Balaban J connectivity index is 1.36. The number of urea groups is 1. The largest absolute Gasteiger partial charge is 0.416 e. The standard InChI is InChI=1S/C25H29F3N4O2/c1-29-21-11-13-31(15-21)24(34)32-14-12-22(16-32)30(2)23(33)19-5-3-17(4-6-19)18-7-9-20(10-8-18)25(26,27)28/h3-10,21-22,29H,11-16H2,1-2H3/t21-,22-/m0/s1. The van der Waals surface area contributed by atoms with Crippen LogP contribution in [0.25, 0.3) is 11.1 Å². The summed E-state index contributed by atoms with van der Waals surface area (Å²) in [4.78, 5) is 31.2. The third-order valence-corrected chi connectivity index (χ3v) is 6.85. The third kappa shape index (κ3) is 5.04. The van der Waals surface area contributed by atoms with Crippen molar-refractivity contribution in [3.63, 3.8) is 0 Å². The van der Waals surface area contributed by atoms with E-state index in [4.69, 9.17) is 0 Å². The van der Waals surface area contributed by atoms with Crippen LogP contribution in [0.1, 0.15) is 28.8 Å². The number of benzene rings is 2. The van der Waals surface area contributed by atoms with Crippen LogP contribution in [0.4, 0.5) is 18.0 Å². The van der Waals surface area contributed by atoms with Gasteiger partial charge in [-0.25, -0.2) is 4.79 Å². The first-order valence-electron chi connectivity index (χ1n) is 11.4. The van der Waals surface area contributed by atoms with Crippen molar-refractivity contribution in [3.05, 3.63) is 59.7 Å². The van der Waals surface area contributed by atoms with Crippen LogP contribution in [-0.2, 0) is 6.18 Å². The lowest BCUT2D eigenvalue weighted by Crippen LogP contribution is -2.44. The molecule has 2 atom stereocenters. The number of rotatable bonds is 4. The molecular weight excluding hydrogens is 445 g/mol. The number of nitrogens with zero attached hydrogens (tertiary/aromatic N) is 3. The number of amides is 3. The van der Waals surface area contributed by atoms with Crippen molar-refractivity contribution in [3.8, 4) is 11.1 Å². The van der Waals surface area contributed by atoms with E-state index in [1.165, 1.54) is 12.1 Å². The minimum atomic E-state index is -4.37. The zero-order valence-electron chi connectivity index (χ0n) is 19.3. The van der Waals surface area contributed by atoms with Gasteiger partial charge in [-0.3, -0.25) is 4.79 Å². The zero-order valence-corrected chi connectivity index (χ0v) is 19.3. The van der Waals surface area contributed by atoms with E-state index >= 15 is 0 Å². The van der Waals surface area contributed by atoms with Crippen LogP contribution in [0, 0.1) is 0 Å². The first-order chi connectivity index (χ1) is 16.2. The molecule has 182 valence electrons. The molecule has 0 radical (unpaired) electrons. The molecule has 2 heterocycles. The molecule has 0 unspecified atom stereocenters. The van der Waals surface area contributed by atoms with Crippen LogP contribution in [-0.4, -0.2) is 79.0 Å². The second-order valence-corrected chi connectivity index (χ2v) is 8.96. The van der Waals surface area contributed by atoms with Gasteiger partial charge >= 0.3 is 12.2 Å². The van der Waals surface area contributed by atoms with Gasteiger partial charge in [-0.05, 0) is 55.3 Å². The second-order valence-electron chi connectivity index (χ2n) is 8.96. The molecule has 0 saturated carbocycles. The predicted molar refractivity (Wildman–Crippen MR) is 123 cm³/mol. The van der Waals surface area contributed by atoms with E-state index in [0.717, 1.165) is 37.1 Å². The van der Waals surface area contributed by atoms with Gasteiger partial charge in [0.25, 0.3) is 5.91 Å². The van der Waals surface area contributed by atoms with Crippen molar-refractivity contribution in [2.75, 3.05) is 40.3 Å². The molecule has 0 aliphatic carbocycles. The molecule has 0 bridgehead atoms. The smallest absolute Gasteiger partial charge is 0.337 e. The molecule has 2 aromatic rings. The molecule has 6 nitrogen and oxygen atoms in total. The van der Waals surface area contributed by atoms with Crippen LogP contribution in [0.3, 0.4) is 0 Å². The Labute approximate surface area is 197 Å². The molecule has 4 rings (SSSR count). The summed E-state index contributed by atoms with van der Waals surface area (Å²) >= 11 is 0. The first-order valence-corrected chi connectivity index (χ1v) is 11.4. The van der Waals surface area contributed by atoms with Gasteiger partial charge in [0.05, 0.1) is 11.6 Å². The van der Waals surface area contributed by atoms with Crippen LogP contribution in [0.15, 0.2) is 48.5 Å². The fraction of sp³-hybridized carbons (Fsp3) is 0.440. The number of alkyl halides is 3. The highest BCUT2D eigenvalue weighted by atomic mass is 19.4. The van der Waals surface area contributed by atoms with E-state index < -0.39 is 11.7 Å². The van der Waals surface area contributed by atoms with Crippen molar-refractivity contribution >= 4 is 11.9 Å². The summed E-state index contributed by atoms with van der Waals surface area (Å²) < 4.78 is 38.3. The normalized spacial score (nSPS) is 20.6. The monoisotopic (exact) mass is 474 g/mol. The molecule has 3 amide bonds. The maximum Gasteiger partial charge on any atom is 0.416 e. The number of carbonyl (C=O) groups is 2. The molecule has 34 heavy (non-hydrogen) atoms. The number of nitrogens with one attached hydrogen (secondary N) is 1. The number of hydrogen-bond donors (Lipinski definition) is 1. The van der Waals surface area contributed by atoms with E-state index in [1.807, 2.05) is 16.8 Å². The molecule has 2 saturated heterocycles. The number of hydrogen-bond acceptors (Lipinski definition) is 3. The first kappa shape index (κ1) is 24.1. The van der Waals surface area contributed by atoms with Gasteiger partial charge in [-0.15, -0.1) is 0 Å². The Morgan fingerprint density at radius 2 is 1.47 bits per heavy atom. The predicted octanol–water partition coefficient (Wildman–Crippen LogP) is 3.93. The molecule has 2 aromatic carbocycles. The van der Waals surface area contributed by atoms with Crippen LogP contribution in [0.2, 0.25) is 0 Å². The highest BCUT2D eigenvalue weighted by Gasteiger charge is 2.35. The fourth-order valence-corrected chi connectivity index (χ4v) is 4.63. The molecule has 2 aliphatic rings. The summed E-state index contributed by atoms with van der Waals surface area (Å²) in [6.07, 6.45) is -2.70. The zero-order chi connectivity index (χ0) is 24.5. The molecule has 2 aliphatic heterocycles. The number of carbonyl (C=O) groups excluding carboxylic acids is 2. The van der Waals surface area contributed by atoms with E-state index in [1.54, 1.807) is 36.2 Å². The number of halogens is 3. The minimum absolute atomic E-state index is 0.0296. The molecule has 9 heteroatoms. The second kappa shape index (κ2) is 9.66. The lowest BCUT2D eigenvalue weighted by Gasteiger charge is -2.27. The van der Waals surface area contributed by atoms with Gasteiger partial charge in [0.2, 0.25) is 0 Å². The SMILES string of the molecule is CN[C@H]1CCN(C(=O)N2CC[C@H](N(C)C(=O)c3ccc(-c4ccc(C(F)(F)F)cc4)cc3)C2)C1. The molecule has 0 spiro atoms. The van der Waals surface area contributed by atoms with Gasteiger partial charge in [-0.1, -0.05) is 24.3 Å². The average molecular weight is 475 g/mol. The Bertz CT molecular complexity index is 1020. The Hall–Kier alpha value is -3.07. The highest BCUT2D eigenvalue weighted by Crippen LogP contribution is 2.31. The number of likely N-dealkylation sites (tertiary alicyclic amines) is 2. The Morgan fingerprint density at radius 1 is 0.912 bits per heavy atom. The van der Waals surface area contributed by atoms with Crippen molar-refractivity contribution in [1.29, 1.82) is 0 Å². The molecule has 1 N–H and O–H groups in total. The van der Waals surface area contributed by atoms with E-state index in [2.05, 4.69) is 5.32 Å². The fourth-order valence-electron chi connectivity index (χ4n) is 4.63. The lowest BCUT2D eigenvalue weighted by atomic mass is 10.0. The number of likely N-dealkylation sites (N-methyl/N-ethyl adjacent to an activating group) is 2. The third-order valence-electron chi connectivity index (χ3n) is 6.85. The Morgan fingerprint density at radius 3 is 2.03 bits per heavy atom. The molecule has 0 aromatic heterocycles. The van der Waals surface area contributed by atoms with Crippen molar-refractivity contribution in [2.45, 2.75) is 31.1 Å². The van der Waals surface area contributed by atoms with E-state index in [0.29, 0.717) is 36.8 Å². The van der Waals surface area contributed by atoms with Gasteiger partial charge < -0.3 is 20.0 Å². The van der Waals surface area contributed by atoms with Crippen molar-refractivity contribution in [1.82, 2.24) is 20.0 Å². The van der Waals surface area contributed by atoms with Gasteiger partial charge in [0, 0.05) is 44.8 Å². The quantitative estimate of drug-likeness (QED) is 0.731. The van der Waals surface area contributed by atoms with Gasteiger partial charge in [-0.2, -0.15) is 13.2 Å². The summed E-state index contributed by atoms with van der Waals surface area (Å²) in [5.74, 6) is -0.144. The van der Waals surface area contributed by atoms with E-state index in [9.17, 15) is 22.8 Å². The Kier molecular flexibility index (Phi) is 6.84. The highest BCUT2D eigenvalue weighted by molar-refractivity contribution is 5.95. The average Bonchev–Trinajstić information content (AvgIpc) is 3.52. The summed E-state index contributed by atoms with van der Waals surface area (Å²) in [5, 5.41) is 3.21. The summed E-state index contributed by atoms with van der Waals surface area (Å²) in [6, 6.07) is 12.1. The summed E-state index contributed by atoms with van der Waals surface area (Å²) in [7, 11) is 3.65. The molecule has 2 fully saturated rings. The van der Waals surface area contributed by atoms with Gasteiger partial charge in [0.15, 0.2) is 0 Å². The topological polar surface area (TPSA) is 55.9 Å². The van der Waals surface area contributed by atoms with Gasteiger partial charge in [0.1, 0.15) is 0 Å². The molecular formula is C25H29F3N4O2. The van der Waals surface area contributed by atoms with E-state index in [-0.39, 0.29) is 18.0 Å². The van der Waals surface area contributed by atoms with Crippen molar-refractivity contribution in [2.24, 2.45) is 0 Å².